The molecule has 2 unspecified atom stereocenters. The van der Waals surface area contributed by atoms with Crippen molar-refractivity contribution in [1.82, 2.24) is 9.80 Å². The number of hydrogen-bond acceptors (Lipinski definition) is 3. The van der Waals surface area contributed by atoms with Gasteiger partial charge in [-0.2, -0.15) is 0 Å². The number of rotatable bonds is 3. The maximum absolute atomic E-state index is 12.6. The van der Waals surface area contributed by atoms with E-state index in [0.29, 0.717) is 12.0 Å². The highest BCUT2D eigenvalue weighted by molar-refractivity contribution is 5.86. The van der Waals surface area contributed by atoms with E-state index in [1.165, 1.54) is 32.4 Å². The third kappa shape index (κ3) is 2.65. The second-order valence-electron chi connectivity index (χ2n) is 6.85. The molecule has 19 heavy (non-hydrogen) atoms. The van der Waals surface area contributed by atoms with Crippen LogP contribution in [0.25, 0.3) is 0 Å². The van der Waals surface area contributed by atoms with E-state index in [1.54, 1.807) is 0 Å². The molecular weight excluding hydrogens is 238 g/mol. The number of nitrogens with two attached hydrogens (primary N) is 1. The Morgan fingerprint density at radius 1 is 1.11 bits per heavy atom. The Morgan fingerprint density at radius 2 is 1.79 bits per heavy atom. The van der Waals surface area contributed by atoms with Gasteiger partial charge in [0, 0.05) is 19.1 Å². The first-order valence-corrected chi connectivity index (χ1v) is 7.91. The second-order valence-corrected chi connectivity index (χ2v) is 6.85. The van der Waals surface area contributed by atoms with Gasteiger partial charge in [-0.15, -0.1) is 0 Å². The van der Waals surface area contributed by atoms with E-state index in [9.17, 15) is 4.79 Å². The summed E-state index contributed by atoms with van der Waals surface area (Å²) in [6.45, 7) is 6.17. The van der Waals surface area contributed by atoms with E-state index >= 15 is 0 Å². The van der Waals surface area contributed by atoms with Gasteiger partial charge >= 0.3 is 0 Å². The predicted molar refractivity (Wildman–Crippen MR) is 75.7 cm³/mol. The molecule has 2 heterocycles. The number of nitrogens with zero attached hydrogens (tertiary/aromatic N) is 2. The fraction of sp³-hybridized carbons (Fsp3) is 0.933. The van der Waals surface area contributed by atoms with Gasteiger partial charge in [-0.05, 0) is 58.0 Å². The zero-order valence-electron chi connectivity index (χ0n) is 12.1. The molecule has 2 saturated heterocycles. The lowest BCUT2D eigenvalue weighted by molar-refractivity contribution is -0.136. The van der Waals surface area contributed by atoms with Gasteiger partial charge in [0.25, 0.3) is 0 Å². The first-order chi connectivity index (χ1) is 9.09. The van der Waals surface area contributed by atoms with Crippen LogP contribution in [0.1, 0.15) is 45.4 Å². The number of amides is 1. The van der Waals surface area contributed by atoms with Gasteiger partial charge in [0.15, 0.2) is 0 Å². The first kappa shape index (κ1) is 13.4. The largest absolute Gasteiger partial charge is 0.339 e. The average Bonchev–Trinajstić information content (AvgIpc) is 3.18. The van der Waals surface area contributed by atoms with Crippen molar-refractivity contribution in [3.63, 3.8) is 0 Å². The monoisotopic (exact) mass is 265 g/mol. The van der Waals surface area contributed by atoms with Crippen molar-refractivity contribution in [1.29, 1.82) is 0 Å². The number of piperidine rings is 1. The van der Waals surface area contributed by atoms with E-state index in [0.717, 1.165) is 32.4 Å². The Morgan fingerprint density at radius 3 is 2.42 bits per heavy atom. The summed E-state index contributed by atoms with van der Waals surface area (Å²) < 4.78 is 0. The van der Waals surface area contributed by atoms with Gasteiger partial charge in [0.05, 0.1) is 5.54 Å². The van der Waals surface area contributed by atoms with Crippen molar-refractivity contribution in [3.05, 3.63) is 0 Å². The molecule has 3 fully saturated rings. The SMILES string of the molecule is CC(N)(C(=O)N1CCC(N2CCCCC2)C1)C1CC1. The van der Waals surface area contributed by atoms with Crippen LogP contribution in [-0.2, 0) is 4.79 Å². The standard InChI is InChI=1S/C15H27N3O/c1-15(16,12-5-6-12)14(19)18-10-7-13(11-18)17-8-3-2-4-9-17/h12-13H,2-11,16H2,1H3. The third-order valence-electron chi connectivity index (χ3n) is 5.24. The molecule has 2 aliphatic heterocycles. The normalized spacial score (nSPS) is 32.3. The van der Waals surface area contributed by atoms with Gasteiger partial charge in [0.2, 0.25) is 5.91 Å². The summed E-state index contributed by atoms with van der Waals surface area (Å²) in [6.07, 6.45) is 7.40. The molecule has 0 bridgehead atoms. The molecule has 4 heteroatoms. The minimum absolute atomic E-state index is 0.189. The summed E-state index contributed by atoms with van der Waals surface area (Å²) in [6, 6.07) is 0.583. The molecule has 1 amide bonds. The van der Waals surface area contributed by atoms with Gasteiger partial charge < -0.3 is 10.6 Å². The lowest BCUT2D eigenvalue weighted by atomic mass is 9.95. The summed E-state index contributed by atoms with van der Waals surface area (Å²) in [4.78, 5) is 17.2. The van der Waals surface area contributed by atoms with E-state index in [1.807, 2.05) is 11.8 Å². The summed E-state index contributed by atoms with van der Waals surface area (Å²) >= 11 is 0. The number of hydrogen-bond donors (Lipinski definition) is 1. The summed E-state index contributed by atoms with van der Waals surface area (Å²) in [5, 5.41) is 0. The predicted octanol–water partition coefficient (Wildman–Crippen LogP) is 1.20. The molecule has 0 aromatic heterocycles. The summed E-state index contributed by atoms with van der Waals surface area (Å²) in [5.74, 6) is 0.614. The Hall–Kier alpha value is -0.610. The van der Waals surface area contributed by atoms with E-state index in [4.69, 9.17) is 5.73 Å². The summed E-state index contributed by atoms with van der Waals surface area (Å²) in [5.41, 5.74) is 5.65. The number of likely N-dealkylation sites (tertiary alicyclic amines) is 2. The maximum atomic E-state index is 12.6. The molecule has 108 valence electrons. The van der Waals surface area contributed by atoms with Gasteiger partial charge in [-0.3, -0.25) is 9.69 Å². The Labute approximate surface area is 116 Å². The highest BCUT2D eigenvalue weighted by atomic mass is 16.2. The Balaban J connectivity index is 1.57. The first-order valence-electron chi connectivity index (χ1n) is 7.91. The quantitative estimate of drug-likeness (QED) is 0.834. The van der Waals surface area contributed by atoms with Crippen LogP contribution in [0.2, 0.25) is 0 Å². The zero-order chi connectivity index (χ0) is 13.5. The van der Waals surface area contributed by atoms with Crippen LogP contribution in [0.5, 0.6) is 0 Å². The van der Waals surface area contributed by atoms with Crippen LogP contribution in [-0.4, -0.2) is 53.5 Å². The molecule has 0 aromatic carbocycles. The van der Waals surface area contributed by atoms with Gasteiger partial charge in [0.1, 0.15) is 0 Å². The van der Waals surface area contributed by atoms with Crippen molar-refractivity contribution < 1.29 is 4.79 Å². The molecule has 3 rings (SSSR count). The van der Waals surface area contributed by atoms with E-state index < -0.39 is 5.54 Å². The van der Waals surface area contributed by atoms with Crippen molar-refractivity contribution in [2.24, 2.45) is 11.7 Å². The minimum atomic E-state index is -0.614. The molecule has 0 spiro atoms. The number of carbonyl (C=O) groups is 1. The topological polar surface area (TPSA) is 49.6 Å². The van der Waals surface area contributed by atoms with Crippen LogP contribution < -0.4 is 5.73 Å². The summed E-state index contributed by atoms with van der Waals surface area (Å²) in [7, 11) is 0. The maximum Gasteiger partial charge on any atom is 0.242 e. The molecule has 1 saturated carbocycles. The molecular formula is C15H27N3O. The molecule has 1 aliphatic carbocycles. The number of carbonyl (C=O) groups excluding carboxylic acids is 1. The average molecular weight is 265 g/mol. The lowest BCUT2D eigenvalue weighted by Crippen LogP contribution is -2.55. The van der Waals surface area contributed by atoms with Crippen molar-refractivity contribution in [3.8, 4) is 0 Å². The molecule has 2 N–H and O–H groups in total. The highest BCUT2D eigenvalue weighted by Gasteiger charge is 2.47. The fourth-order valence-electron chi connectivity index (χ4n) is 3.71. The van der Waals surface area contributed by atoms with Crippen molar-refractivity contribution >= 4 is 5.91 Å². The highest BCUT2D eigenvalue weighted by Crippen LogP contribution is 2.39. The van der Waals surface area contributed by atoms with Crippen molar-refractivity contribution in [2.45, 2.75) is 57.0 Å². The van der Waals surface area contributed by atoms with Crippen molar-refractivity contribution in [2.75, 3.05) is 26.2 Å². The molecule has 0 radical (unpaired) electrons. The Bertz CT molecular complexity index is 345. The second kappa shape index (κ2) is 5.06. The fourth-order valence-corrected chi connectivity index (χ4v) is 3.71. The van der Waals surface area contributed by atoms with Gasteiger partial charge in [-0.25, -0.2) is 0 Å². The zero-order valence-corrected chi connectivity index (χ0v) is 12.1. The lowest BCUT2D eigenvalue weighted by Gasteiger charge is -2.33. The van der Waals surface area contributed by atoms with E-state index in [-0.39, 0.29) is 5.91 Å². The van der Waals surface area contributed by atoms with Crippen LogP contribution in [0.15, 0.2) is 0 Å². The van der Waals surface area contributed by atoms with Gasteiger partial charge in [-0.1, -0.05) is 6.42 Å². The van der Waals surface area contributed by atoms with E-state index in [2.05, 4.69) is 4.90 Å². The smallest absolute Gasteiger partial charge is 0.242 e. The van der Waals surface area contributed by atoms with Crippen LogP contribution in [0, 0.1) is 5.92 Å². The molecule has 4 nitrogen and oxygen atoms in total. The van der Waals surface area contributed by atoms with Crippen LogP contribution in [0.4, 0.5) is 0 Å². The molecule has 0 aromatic rings. The minimum Gasteiger partial charge on any atom is -0.339 e. The Kier molecular flexibility index (Phi) is 3.56. The third-order valence-corrected chi connectivity index (χ3v) is 5.24. The molecule has 2 atom stereocenters. The molecule has 3 aliphatic rings. The van der Waals surface area contributed by atoms with Crippen LogP contribution >= 0.6 is 0 Å². The van der Waals surface area contributed by atoms with Crippen LogP contribution in [0.3, 0.4) is 0 Å².